The third-order valence-corrected chi connectivity index (χ3v) is 6.14. The lowest BCUT2D eigenvalue weighted by atomic mass is 10.1. The van der Waals surface area contributed by atoms with E-state index in [1.54, 1.807) is 12.0 Å². The molecule has 0 aromatic heterocycles. The second-order valence-corrected chi connectivity index (χ2v) is 7.94. The lowest BCUT2D eigenvalue weighted by molar-refractivity contribution is -0.136. The van der Waals surface area contributed by atoms with Gasteiger partial charge in [-0.2, -0.15) is 0 Å². The van der Waals surface area contributed by atoms with Crippen molar-refractivity contribution >= 4 is 23.2 Å². The lowest BCUT2D eigenvalue weighted by Gasteiger charge is -2.37. The number of amides is 2. The molecule has 0 N–H and O–H groups in total. The van der Waals surface area contributed by atoms with Crippen molar-refractivity contribution in [2.45, 2.75) is 19.8 Å². The minimum absolute atomic E-state index is 0.0348. The Kier molecular flexibility index (Phi) is 5.93. The molecule has 1 atom stereocenters. The van der Waals surface area contributed by atoms with Gasteiger partial charge >= 0.3 is 0 Å². The Bertz CT molecular complexity index is 904. The van der Waals surface area contributed by atoms with Gasteiger partial charge in [-0.25, -0.2) is 0 Å². The number of carbonyl (C=O) groups excluding carboxylic acids is 2. The van der Waals surface area contributed by atoms with E-state index >= 15 is 0 Å². The maximum absolute atomic E-state index is 13.1. The Morgan fingerprint density at radius 1 is 1.03 bits per heavy atom. The standard InChI is InChI=1S/C24H29N3O3/c1-3-18-7-9-20(10-8-18)27-17-19(15-23(27)28)24(29)26-13-11-25(12-14-26)21-5-4-6-22(16-21)30-2/h4-10,16,19H,3,11-15,17H2,1-2H3. The van der Waals surface area contributed by atoms with Gasteiger partial charge in [0, 0.05) is 56.6 Å². The van der Waals surface area contributed by atoms with Crippen LogP contribution in [-0.4, -0.2) is 56.5 Å². The first-order chi connectivity index (χ1) is 14.6. The number of carbonyl (C=O) groups is 2. The summed E-state index contributed by atoms with van der Waals surface area (Å²) in [5.74, 6) is 0.711. The number of hydrogen-bond donors (Lipinski definition) is 0. The Labute approximate surface area is 178 Å². The highest BCUT2D eigenvalue weighted by Gasteiger charge is 2.37. The number of aryl methyl sites for hydroxylation is 1. The average Bonchev–Trinajstić information content (AvgIpc) is 3.20. The molecule has 2 aromatic carbocycles. The van der Waals surface area contributed by atoms with E-state index < -0.39 is 0 Å². The molecule has 0 bridgehead atoms. The van der Waals surface area contributed by atoms with Crippen LogP contribution in [0.5, 0.6) is 5.75 Å². The van der Waals surface area contributed by atoms with Gasteiger partial charge in [-0.1, -0.05) is 25.1 Å². The Morgan fingerprint density at radius 3 is 2.43 bits per heavy atom. The lowest BCUT2D eigenvalue weighted by Crippen LogP contribution is -2.50. The molecule has 2 saturated heterocycles. The number of benzene rings is 2. The number of ether oxygens (including phenoxy) is 1. The van der Waals surface area contributed by atoms with Crippen LogP contribution in [-0.2, 0) is 16.0 Å². The molecule has 6 nitrogen and oxygen atoms in total. The van der Waals surface area contributed by atoms with Gasteiger partial charge in [0.1, 0.15) is 5.75 Å². The second kappa shape index (κ2) is 8.78. The van der Waals surface area contributed by atoms with Crippen LogP contribution in [0.3, 0.4) is 0 Å². The van der Waals surface area contributed by atoms with Gasteiger partial charge in [-0.3, -0.25) is 9.59 Å². The Balaban J connectivity index is 1.35. The fraction of sp³-hybridized carbons (Fsp3) is 0.417. The van der Waals surface area contributed by atoms with E-state index in [1.807, 2.05) is 35.2 Å². The molecule has 2 aliphatic rings. The molecule has 2 heterocycles. The summed E-state index contributed by atoms with van der Waals surface area (Å²) in [5, 5.41) is 0. The van der Waals surface area contributed by atoms with Gasteiger partial charge in [0.05, 0.1) is 13.0 Å². The van der Waals surface area contributed by atoms with Crippen LogP contribution in [0.1, 0.15) is 18.9 Å². The summed E-state index contributed by atoms with van der Waals surface area (Å²) >= 11 is 0. The van der Waals surface area contributed by atoms with E-state index in [-0.39, 0.29) is 17.7 Å². The summed E-state index contributed by atoms with van der Waals surface area (Å²) in [6.07, 6.45) is 1.27. The topological polar surface area (TPSA) is 53.1 Å². The normalized spacial score (nSPS) is 19.3. The van der Waals surface area contributed by atoms with Crippen molar-refractivity contribution in [2.24, 2.45) is 5.92 Å². The summed E-state index contributed by atoms with van der Waals surface area (Å²) < 4.78 is 5.31. The van der Waals surface area contributed by atoms with E-state index in [0.717, 1.165) is 36.6 Å². The van der Waals surface area contributed by atoms with Crippen LogP contribution in [0.2, 0.25) is 0 Å². The average molecular weight is 408 g/mol. The molecular weight excluding hydrogens is 378 g/mol. The first kappa shape index (κ1) is 20.3. The van der Waals surface area contributed by atoms with E-state index in [1.165, 1.54) is 5.56 Å². The van der Waals surface area contributed by atoms with Crippen molar-refractivity contribution in [3.63, 3.8) is 0 Å². The minimum Gasteiger partial charge on any atom is -0.497 e. The van der Waals surface area contributed by atoms with Gasteiger partial charge < -0.3 is 19.4 Å². The summed E-state index contributed by atoms with van der Waals surface area (Å²) in [4.78, 5) is 31.6. The number of nitrogens with zero attached hydrogens (tertiary/aromatic N) is 3. The van der Waals surface area contributed by atoms with Crippen LogP contribution >= 0.6 is 0 Å². The SMILES string of the molecule is CCc1ccc(N2CC(C(=O)N3CCN(c4cccc(OC)c4)CC3)CC2=O)cc1. The highest BCUT2D eigenvalue weighted by atomic mass is 16.5. The number of methoxy groups -OCH3 is 1. The highest BCUT2D eigenvalue weighted by Crippen LogP contribution is 2.28. The van der Waals surface area contributed by atoms with Gasteiger partial charge in [0.15, 0.2) is 0 Å². The third-order valence-electron chi connectivity index (χ3n) is 6.14. The van der Waals surface area contributed by atoms with Gasteiger partial charge in [0.2, 0.25) is 11.8 Å². The van der Waals surface area contributed by atoms with E-state index in [9.17, 15) is 9.59 Å². The molecule has 30 heavy (non-hydrogen) atoms. The molecule has 0 saturated carbocycles. The maximum atomic E-state index is 13.1. The van der Waals surface area contributed by atoms with Gasteiger partial charge in [-0.15, -0.1) is 0 Å². The first-order valence-electron chi connectivity index (χ1n) is 10.7. The minimum atomic E-state index is -0.258. The Morgan fingerprint density at radius 2 is 1.77 bits per heavy atom. The van der Waals surface area contributed by atoms with Gasteiger partial charge in [0.25, 0.3) is 0 Å². The summed E-state index contributed by atoms with van der Waals surface area (Å²) in [5.41, 5.74) is 3.24. The molecule has 2 aromatic rings. The first-order valence-corrected chi connectivity index (χ1v) is 10.7. The van der Waals surface area contributed by atoms with E-state index in [4.69, 9.17) is 4.74 Å². The Hall–Kier alpha value is -3.02. The molecule has 4 rings (SSSR count). The number of anilines is 2. The molecule has 0 aliphatic carbocycles. The predicted molar refractivity (Wildman–Crippen MR) is 118 cm³/mol. The zero-order chi connectivity index (χ0) is 21.1. The van der Waals surface area contributed by atoms with Crippen LogP contribution in [0.15, 0.2) is 48.5 Å². The van der Waals surface area contributed by atoms with E-state index in [2.05, 4.69) is 30.0 Å². The van der Waals surface area contributed by atoms with Crippen molar-refractivity contribution in [1.29, 1.82) is 0 Å². The van der Waals surface area contributed by atoms with E-state index in [0.29, 0.717) is 26.1 Å². The molecule has 0 spiro atoms. The molecule has 0 radical (unpaired) electrons. The second-order valence-electron chi connectivity index (χ2n) is 7.94. The monoisotopic (exact) mass is 407 g/mol. The number of piperazine rings is 1. The van der Waals surface area contributed by atoms with Crippen molar-refractivity contribution in [3.8, 4) is 5.75 Å². The largest absolute Gasteiger partial charge is 0.497 e. The molecule has 158 valence electrons. The molecule has 6 heteroatoms. The van der Waals surface area contributed by atoms with Crippen molar-refractivity contribution in [1.82, 2.24) is 4.90 Å². The smallest absolute Gasteiger partial charge is 0.228 e. The zero-order valence-corrected chi connectivity index (χ0v) is 17.7. The zero-order valence-electron chi connectivity index (χ0n) is 17.7. The summed E-state index contributed by atoms with van der Waals surface area (Å²) in [7, 11) is 1.67. The molecule has 2 fully saturated rings. The van der Waals surface area contributed by atoms with Crippen molar-refractivity contribution < 1.29 is 14.3 Å². The maximum Gasteiger partial charge on any atom is 0.228 e. The molecule has 2 aliphatic heterocycles. The fourth-order valence-corrected chi connectivity index (χ4v) is 4.28. The van der Waals surface area contributed by atoms with Crippen LogP contribution in [0.25, 0.3) is 0 Å². The third kappa shape index (κ3) is 4.13. The van der Waals surface area contributed by atoms with Crippen LogP contribution in [0, 0.1) is 5.92 Å². The molecule has 1 unspecified atom stereocenters. The number of hydrogen-bond acceptors (Lipinski definition) is 4. The predicted octanol–water partition coefficient (Wildman–Crippen LogP) is 2.96. The van der Waals surface area contributed by atoms with Gasteiger partial charge in [-0.05, 0) is 36.2 Å². The summed E-state index contributed by atoms with van der Waals surface area (Å²) in [6, 6.07) is 16.1. The molecule has 2 amide bonds. The van der Waals surface area contributed by atoms with Crippen molar-refractivity contribution in [2.75, 3.05) is 49.6 Å². The highest BCUT2D eigenvalue weighted by molar-refractivity contribution is 6.00. The fourth-order valence-electron chi connectivity index (χ4n) is 4.28. The molecular formula is C24H29N3O3. The summed E-state index contributed by atoms with van der Waals surface area (Å²) in [6.45, 7) is 5.49. The van der Waals surface area contributed by atoms with Crippen LogP contribution in [0.4, 0.5) is 11.4 Å². The quantitative estimate of drug-likeness (QED) is 0.765. The number of rotatable bonds is 5. The van der Waals surface area contributed by atoms with Crippen molar-refractivity contribution in [3.05, 3.63) is 54.1 Å². The van der Waals surface area contributed by atoms with Crippen LogP contribution < -0.4 is 14.5 Å².